The molecule has 0 amide bonds. The fourth-order valence-electron chi connectivity index (χ4n) is 0.168. The third-order valence-electron chi connectivity index (χ3n) is 0.542. The van der Waals surface area contributed by atoms with Crippen molar-refractivity contribution in [3.05, 3.63) is 0 Å². The molecule has 0 saturated carbocycles. The maximum absolute atomic E-state index is 10.3. The number of hydrogen-bond donors (Lipinski definition) is 0. The van der Waals surface area contributed by atoms with E-state index in [0.717, 1.165) is 0 Å². The fraction of sp³-hybridized carbons (Fsp3) is 0.750. The van der Waals surface area contributed by atoms with E-state index >= 15 is 0 Å². The van der Waals surface area contributed by atoms with Gasteiger partial charge in [0.2, 0.25) is 0 Å². The van der Waals surface area contributed by atoms with Gasteiger partial charge in [0.05, 0.1) is 0 Å². The second-order valence-corrected chi connectivity index (χ2v) is 2.76. The summed E-state index contributed by atoms with van der Waals surface area (Å²) in [6.07, 6.45) is 1.57. The molecule has 0 aliphatic heterocycles. The van der Waals surface area contributed by atoms with Gasteiger partial charge in [0.25, 0.3) is 6.29 Å². The third kappa shape index (κ3) is 3.82. The van der Waals surface area contributed by atoms with Crippen molar-refractivity contribution < 1.29 is 9.35 Å². The van der Waals surface area contributed by atoms with Gasteiger partial charge in [-0.1, -0.05) is 0 Å². The van der Waals surface area contributed by atoms with Gasteiger partial charge < -0.3 is 4.55 Å². The highest BCUT2D eigenvalue weighted by Crippen LogP contribution is 1.83. The second kappa shape index (κ2) is 4.15. The molecule has 0 rings (SSSR count). The number of hydrogen-bond acceptors (Lipinski definition) is 2. The first kappa shape index (κ1) is 6.98. The predicted molar refractivity (Wildman–Crippen MR) is 29.2 cm³/mol. The molecule has 0 aliphatic rings. The molecule has 0 saturated heterocycles. The maximum atomic E-state index is 10.3. The minimum Gasteiger partial charge on any atom is -0.616 e. The van der Waals surface area contributed by atoms with E-state index < -0.39 is 11.2 Å². The molecule has 3 heteroatoms. The van der Waals surface area contributed by atoms with Gasteiger partial charge in [0.15, 0.2) is 5.75 Å². The Hall–Kier alpha value is -0.0200. The van der Waals surface area contributed by atoms with Crippen LogP contribution in [0.25, 0.3) is 0 Å². The summed E-state index contributed by atoms with van der Waals surface area (Å²) in [4.78, 5) is 9.46. The summed E-state index contributed by atoms with van der Waals surface area (Å²) >= 11 is -0.951. The monoisotopic (exact) mass is 119 g/mol. The molecule has 0 heterocycles. The van der Waals surface area contributed by atoms with Crippen LogP contribution in [0.3, 0.4) is 0 Å². The molecular formula is C4H7O2S. The van der Waals surface area contributed by atoms with E-state index in [-0.39, 0.29) is 5.75 Å². The SMILES string of the molecule is CC[S+]([O-])C[C]=O. The van der Waals surface area contributed by atoms with Crippen LogP contribution < -0.4 is 0 Å². The molecule has 1 unspecified atom stereocenters. The van der Waals surface area contributed by atoms with Gasteiger partial charge in [-0.05, 0) is 18.1 Å². The van der Waals surface area contributed by atoms with Gasteiger partial charge in [-0.3, -0.25) is 4.79 Å². The Bertz CT molecular complexity index is 55.7. The summed E-state index contributed by atoms with van der Waals surface area (Å²) in [5, 5.41) is 0. The lowest BCUT2D eigenvalue weighted by Crippen LogP contribution is -2.08. The third-order valence-corrected chi connectivity index (χ3v) is 1.63. The zero-order chi connectivity index (χ0) is 5.70. The molecule has 0 N–H and O–H groups in total. The molecule has 0 bridgehead atoms. The van der Waals surface area contributed by atoms with Gasteiger partial charge in [-0.25, -0.2) is 0 Å². The molecule has 2 nitrogen and oxygen atoms in total. The van der Waals surface area contributed by atoms with E-state index in [1.807, 2.05) is 0 Å². The van der Waals surface area contributed by atoms with E-state index in [0.29, 0.717) is 5.75 Å². The Balaban J connectivity index is 2.98. The van der Waals surface area contributed by atoms with Crippen LogP contribution >= 0.6 is 0 Å². The Kier molecular flexibility index (Phi) is 4.14. The summed E-state index contributed by atoms with van der Waals surface area (Å²) in [6, 6.07) is 0. The Morgan fingerprint density at radius 3 is 2.57 bits per heavy atom. The van der Waals surface area contributed by atoms with Crippen LogP contribution in [0.1, 0.15) is 6.92 Å². The average Bonchev–Trinajstić information content (AvgIpc) is 1.68. The Morgan fingerprint density at radius 2 is 2.43 bits per heavy atom. The van der Waals surface area contributed by atoms with Crippen LogP contribution in [0, 0.1) is 0 Å². The zero-order valence-corrected chi connectivity index (χ0v) is 4.96. The molecule has 1 atom stereocenters. The van der Waals surface area contributed by atoms with Crippen molar-refractivity contribution in [2.75, 3.05) is 11.5 Å². The highest BCUT2D eigenvalue weighted by Gasteiger charge is 1.97. The Morgan fingerprint density at radius 1 is 1.86 bits per heavy atom. The van der Waals surface area contributed by atoms with Crippen molar-refractivity contribution in [2.45, 2.75) is 6.92 Å². The summed E-state index contributed by atoms with van der Waals surface area (Å²) < 4.78 is 10.3. The van der Waals surface area contributed by atoms with Crippen molar-refractivity contribution >= 4 is 17.5 Å². The minimum absolute atomic E-state index is 0.0660. The van der Waals surface area contributed by atoms with E-state index in [1.165, 1.54) is 0 Å². The lowest BCUT2D eigenvalue weighted by molar-refractivity contribution is 0.557. The summed E-state index contributed by atoms with van der Waals surface area (Å²) in [5.74, 6) is 0.617. The van der Waals surface area contributed by atoms with Crippen LogP contribution in [-0.4, -0.2) is 22.3 Å². The van der Waals surface area contributed by atoms with Gasteiger partial charge in [0, 0.05) is 0 Å². The largest absolute Gasteiger partial charge is 0.616 e. The lowest BCUT2D eigenvalue weighted by atomic mass is 10.9. The highest BCUT2D eigenvalue weighted by atomic mass is 32.2. The van der Waals surface area contributed by atoms with Gasteiger partial charge >= 0.3 is 0 Å². The molecule has 0 aromatic rings. The van der Waals surface area contributed by atoms with E-state index in [4.69, 9.17) is 0 Å². The molecule has 1 radical (unpaired) electrons. The van der Waals surface area contributed by atoms with E-state index in [1.54, 1.807) is 13.2 Å². The average molecular weight is 119 g/mol. The summed E-state index contributed by atoms with van der Waals surface area (Å²) in [7, 11) is 0. The topological polar surface area (TPSA) is 40.1 Å². The van der Waals surface area contributed by atoms with Crippen molar-refractivity contribution in [1.29, 1.82) is 0 Å². The standard InChI is InChI=1S/C4H7O2S/c1-2-7(6)4-3-5/h2,4H2,1H3. The van der Waals surface area contributed by atoms with Crippen molar-refractivity contribution in [2.24, 2.45) is 0 Å². The Labute approximate surface area is 46.1 Å². The van der Waals surface area contributed by atoms with Gasteiger partial charge in [0.1, 0.15) is 5.75 Å². The van der Waals surface area contributed by atoms with Gasteiger partial charge in [-0.2, -0.15) is 0 Å². The van der Waals surface area contributed by atoms with Crippen LogP contribution in [0.4, 0.5) is 0 Å². The lowest BCUT2D eigenvalue weighted by Gasteiger charge is -2.00. The van der Waals surface area contributed by atoms with Crippen LogP contribution in [0.5, 0.6) is 0 Å². The first-order valence-electron chi connectivity index (χ1n) is 2.01. The second-order valence-electron chi connectivity index (χ2n) is 1.02. The predicted octanol–water partition coefficient (Wildman–Crippen LogP) is -0.135. The van der Waals surface area contributed by atoms with Crippen LogP contribution in [0.2, 0.25) is 0 Å². The first-order chi connectivity index (χ1) is 3.31. The van der Waals surface area contributed by atoms with Crippen molar-refractivity contribution in [3.63, 3.8) is 0 Å². The van der Waals surface area contributed by atoms with Crippen molar-refractivity contribution in [1.82, 2.24) is 0 Å². The molecule has 0 fully saturated rings. The molecule has 41 valence electrons. The van der Waals surface area contributed by atoms with E-state index in [9.17, 15) is 9.35 Å². The normalized spacial score (nSPS) is 13.4. The zero-order valence-electron chi connectivity index (χ0n) is 4.14. The van der Waals surface area contributed by atoms with Gasteiger partial charge in [-0.15, -0.1) is 0 Å². The minimum atomic E-state index is -0.951. The smallest absolute Gasteiger partial charge is 0.252 e. The molecule has 0 spiro atoms. The molecular weight excluding hydrogens is 112 g/mol. The van der Waals surface area contributed by atoms with E-state index in [2.05, 4.69) is 0 Å². The first-order valence-corrected chi connectivity index (χ1v) is 3.50. The fourth-order valence-corrected chi connectivity index (χ4v) is 0.503. The molecule has 0 aliphatic carbocycles. The number of rotatable bonds is 3. The quantitative estimate of drug-likeness (QED) is 0.485. The maximum Gasteiger partial charge on any atom is 0.252 e. The highest BCUT2D eigenvalue weighted by molar-refractivity contribution is 7.91. The molecule has 0 aromatic heterocycles. The van der Waals surface area contributed by atoms with Crippen molar-refractivity contribution in [3.8, 4) is 0 Å². The summed E-state index contributed by atoms with van der Waals surface area (Å²) in [5.41, 5.74) is 0. The molecule has 0 aromatic carbocycles. The number of carbonyl (C=O) groups excluding carboxylic acids is 1. The summed E-state index contributed by atoms with van der Waals surface area (Å²) in [6.45, 7) is 1.77. The van der Waals surface area contributed by atoms with Crippen LogP contribution in [-0.2, 0) is 16.0 Å². The van der Waals surface area contributed by atoms with Crippen LogP contribution in [0.15, 0.2) is 0 Å². The molecule has 7 heavy (non-hydrogen) atoms.